The highest BCUT2D eigenvalue weighted by molar-refractivity contribution is 7.19. The lowest BCUT2D eigenvalue weighted by Crippen LogP contribution is -2.31. The van der Waals surface area contributed by atoms with Crippen LogP contribution in [-0.2, 0) is 17.8 Å². The number of thiazole rings is 1. The average Bonchev–Trinajstić information content (AvgIpc) is 3.96. The van der Waals surface area contributed by atoms with E-state index in [1.165, 1.54) is 0 Å². The Morgan fingerprint density at radius 3 is 2.40 bits per heavy atom. The quantitative estimate of drug-likeness (QED) is 0.107. The summed E-state index contributed by atoms with van der Waals surface area (Å²) in [5, 5.41) is 15.3. The van der Waals surface area contributed by atoms with Gasteiger partial charge in [-0.2, -0.15) is 0 Å². The summed E-state index contributed by atoms with van der Waals surface area (Å²) in [5.41, 5.74) is 6.49. The highest BCUT2D eigenvalue weighted by atomic mass is 32.1. The van der Waals surface area contributed by atoms with Gasteiger partial charge in [0.1, 0.15) is 24.0 Å². The topological polar surface area (TPSA) is 124 Å². The van der Waals surface area contributed by atoms with Crippen LogP contribution in [0, 0.1) is 0 Å². The molecule has 0 unspecified atom stereocenters. The second-order valence-corrected chi connectivity index (χ2v) is 13.3. The number of hydrogen-bond donors (Lipinski definition) is 2. The van der Waals surface area contributed by atoms with E-state index in [4.69, 9.17) is 14.5 Å². The number of urea groups is 1. The molecule has 0 aliphatic carbocycles. The Morgan fingerprint density at radius 2 is 1.65 bits per heavy atom. The van der Waals surface area contributed by atoms with E-state index in [2.05, 4.69) is 45.2 Å². The predicted octanol–water partition coefficient (Wildman–Crippen LogP) is 7.38. The van der Waals surface area contributed by atoms with Crippen LogP contribution in [0.2, 0.25) is 0 Å². The smallest absolute Gasteiger partial charge is 0.407 e. The number of hydrogen-bond acceptors (Lipinski definition) is 8. The minimum atomic E-state index is -0.426. The Balaban J connectivity index is 1.05. The molecule has 0 radical (unpaired) electrons. The molecule has 1 fully saturated rings. The van der Waals surface area contributed by atoms with Crippen molar-refractivity contribution in [3.05, 3.63) is 127 Å². The second kappa shape index (κ2) is 16.8. The average molecular weight is 714 g/mol. The van der Waals surface area contributed by atoms with Crippen LogP contribution in [-0.4, -0.2) is 69.8 Å². The van der Waals surface area contributed by atoms with E-state index in [0.717, 1.165) is 62.1 Å². The number of ether oxygens (including phenoxy) is 2. The van der Waals surface area contributed by atoms with Crippen LogP contribution < -0.4 is 15.4 Å². The molecule has 6 aromatic rings. The molecule has 0 spiro atoms. The summed E-state index contributed by atoms with van der Waals surface area (Å²) in [7, 11) is 0. The monoisotopic (exact) mass is 713 g/mol. The standard InChI is InChI=1S/C40H39N7O4S/c48-39-41-22-23-46(39)24-25-50-35-26-33(47-27-32(44-45-47)18-10-11-21-42-40(49)51-28-29-12-4-1-5-13-29)19-20-34(35)38-43-36(30-14-6-2-7-15-30)37(52-38)31-16-8-3-9-17-31/h1-9,12-17,19-20,26-27H,10-11,18,21-25,28H2,(H,41,48)(H,42,49). The predicted molar refractivity (Wildman–Crippen MR) is 201 cm³/mol. The SMILES string of the molecule is O=C(NCCCCc1cn(-c2ccc(-c3nc(-c4ccccc4)c(-c4ccccc4)s3)c(OCCN3CCNC3=O)c2)nn1)OCc1ccccc1. The molecular weight excluding hydrogens is 675 g/mol. The van der Waals surface area contributed by atoms with Gasteiger partial charge in [-0.25, -0.2) is 19.3 Å². The lowest BCUT2D eigenvalue weighted by Gasteiger charge is -2.16. The van der Waals surface area contributed by atoms with Gasteiger partial charge in [0, 0.05) is 31.3 Å². The van der Waals surface area contributed by atoms with Crippen molar-refractivity contribution in [2.45, 2.75) is 25.9 Å². The van der Waals surface area contributed by atoms with Gasteiger partial charge in [0.05, 0.1) is 40.3 Å². The molecule has 3 heterocycles. The number of unbranched alkanes of at least 4 members (excludes halogenated alkanes) is 1. The Kier molecular flexibility index (Phi) is 11.1. The number of amides is 3. The zero-order valence-electron chi connectivity index (χ0n) is 28.6. The van der Waals surface area contributed by atoms with E-state index in [-0.39, 0.29) is 12.6 Å². The fourth-order valence-corrected chi connectivity index (χ4v) is 7.01. The van der Waals surface area contributed by atoms with E-state index >= 15 is 0 Å². The minimum Gasteiger partial charge on any atom is -0.491 e. The first kappa shape index (κ1) is 34.4. The number of aryl methyl sites for hydroxylation is 1. The van der Waals surface area contributed by atoms with Crippen LogP contribution in [0.25, 0.3) is 38.0 Å². The molecule has 2 N–H and O–H groups in total. The number of carbonyl (C=O) groups is 2. The number of nitrogens with zero attached hydrogens (tertiary/aromatic N) is 5. The van der Waals surface area contributed by atoms with Gasteiger partial charge in [-0.1, -0.05) is 96.2 Å². The van der Waals surface area contributed by atoms with Gasteiger partial charge in [0.2, 0.25) is 0 Å². The number of carbonyl (C=O) groups excluding carboxylic acids is 2. The number of benzene rings is 4. The van der Waals surface area contributed by atoms with Crippen molar-refractivity contribution in [3.8, 4) is 43.7 Å². The van der Waals surface area contributed by atoms with Gasteiger partial charge in [0.15, 0.2) is 0 Å². The molecule has 0 bridgehead atoms. The van der Waals surface area contributed by atoms with Crippen molar-refractivity contribution < 1.29 is 19.1 Å². The summed E-state index contributed by atoms with van der Waals surface area (Å²) in [6.45, 7) is 2.83. The minimum absolute atomic E-state index is 0.0774. The highest BCUT2D eigenvalue weighted by Gasteiger charge is 2.22. The van der Waals surface area contributed by atoms with Gasteiger partial charge in [-0.05, 0) is 42.5 Å². The van der Waals surface area contributed by atoms with E-state index in [1.807, 2.05) is 91.1 Å². The highest BCUT2D eigenvalue weighted by Crippen LogP contribution is 2.43. The molecule has 1 aliphatic rings. The van der Waals surface area contributed by atoms with Crippen molar-refractivity contribution >= 4 is 23.5 Å². The Hall–Kier alpha value is -6.01. The molecule has 0 atom stereocenters. The Labute approximate surface area is 306 Å². The Morgan fingerprint density at radius 1 is 0.904 bits per heavy atom. The molecule has 1 saturated heterocycles. The molecular formula is C40H39N7O4S. The van der Waals surface area contributed by atoms with Crippen LogP contribution in [0.5, 0.6) is 5.75 Å². The van der Waals surface area contributed by atoms with Gasteiger partial charge in [-0.15, -0.1) is 16.4 Å². The summed E-state index contributed by atoms with van der Waals surface area (Å²) < 4.78 is 13.5. The number of aromatic nitrogens is 4. The number of nitrogens with one attached hydrogen (secondary N) is 2. The molecule has 4 aromatic carbocycles. The summed E-state index contributed by atoms with van der Waals surface area (Å²) in [6.07, 6.45) is 3.80. The molecule has 12 heteroatoms. The van der Waals surface area contributed by atoms with Crippen molar-refractivity contribution in [3.63, 3.8) is 0 Å². The normalized spacial score (nSPS) is 12.5. The van der Waals surface area contributed by atoms with Crippen molar-refractivity contribution in [2.75, 3.05) is 32.8 Å². The number of alkyl carbamates (subject to hydrolysis) is 1. The molecule has 1 aliphatic heterocycles. The number of rotatable bonds is 15. The maximum Gasteiger partial charge on any atom is 0.407 e. The maximum absolute atomic E-state index is 12.2. The lowest BCUT2D eigenvalue weighted by molar-refractivity contribution is 0.139. The van der Waals surface area contributed by atoms with Crippen LogP contribution in [0.3, 0.4) is 0 Å². The van der Waals surface area contributed by atoms with Crippen LogP contribution in [0.4, 0.5) is 9.59 Å². The molecule has 2 aromatic heterocycles. The van der Waals surface area contributed by atoms with Gasteiger partial charge < -0.3 is 25.0 Å². The fraction of sp³-hybridized carbons (Fsp3) is 0.225. The molecule has 52 heavy (non-hydrogen) atoms. The van der Waals surface area contributed by atoms with Crippen molar-refractivity contribution in [1.29, 1.82) is 0 Å². The molecule has 0 saturated carbocycles. The molecule has 264 valence electrons. The zero-order valence-corrected chi connectivity index (χ0v) is 29.4. The first-order chi connectivity index (χ1) is 25.6. The van der Waals surface area contributed by atoms with Crippen molar-refractivity contribution in [1.82, 2.24) is 35.5 Å². The van der Waals surface area contributed by atoms with Crippen molar-refractivity contribution in [2.24, 2.45) is 0 Å². The summed E-state index contributed by atoms with van der Waals surface area (Å²) in [6, 6.07) is 36.0. The summed E-state index contributed by atoms with van der Waals surface area (Å²) >= 11 is 1.62. The van der Waals surface area contributed by atoms with E-state index in [1.54, 1.807) is 20.9 Å². The van der Waals surface area contributed by atoms with E-state index < -0.39 is 6.09 Å². The van der Waals surface area contributed by atoms with Crippen LogP contribution >= 0.6 is 11.3 Å². The van der Waals surface area contributed by atoms with Crippen LogP contribution in [0.15, 0.2) is 115 Å². The largest absolute Gasteiger partial charge is 0.491 e. The lowest BCUT2D eigenvalue weighted by atomic mass is 10.1. The molecule has 7 rings (SSSR count). The van der Waals surface area contributed by atoms with Gasteiger partial charge in [-0.3, -0.25) is 0 Å². The zero-order chi connectivity index (χ0) is 35.5. The molecule has 3 amide bonds. The van der Waals surface area contributed by atoms with E-state index in [0.29, 0.717) is 45.0 Å². The second-order valence-electron chi connectivity index (χ2n) is 12.3. The maximum atomic E-state index is 12.2. The van der Waals surface area contributed by atoms with Gasteiger partial charge >= 0.3 is 12.1 Å². The third-order valence-electron chi connectivity index (χ3n) is 8.62. The first-order valence-corrected chi connectivity index (χ1v) is 18.2. The first-order valence-electron chi connectivity index (χ1n) is 17.4. The summed E-state index contributed by atoms with van der Waals surface area (Å²) in [4.78, 5) is 32.2. The third kappa shape index (κ3) is 8.64. The third-order valence-corrected chi connectivity index (χ3v) is 9.75. The molecule has 11 nitrogen and oxygen atoms in total. The Bertz CT molecular complexity index is 2030. The van der Waals surface area contributed by atoms with Gasteiger partial charge in [0.25, 0.3) is 0 Å². The van der Waals surface area contributed by atoms with E-state index in [9.17, 15) is 9.59 Å². The summed E-state index contributed by atoms with van der Waals surface area (Å²) in [5.74, 6) is 0.646. The van der Waals surface area contributed by atoms with Crippen LogP contribution in [0.1, 0.15) is 24.1 Å². The fourth-order valence-electron chi connectivity index (χ4n) is 5.89.